The molecule has 3 aromatic heterocycles. The Hall–Kier alpha value is -1.79. The standard InChI is InChI=1S/C13H15N5S/c1-3-18-10-4-5-15-7-9(10)17-13(18)12-8(2)16-11(6-14)19-12/h4-5,7H,3,6,14H2,1-2H3. The Kier molecular flexibility index (Phi) is 3.04. The van der Waals surface area contributed by atoms with E-state index < -0.39 is 0 Å². The molecule has 3 rings (SSSR count). The Bertz CT molecular complexity index is 728. The summed E-state index contributed by atoms with van der Waals surface area (Å²) in [6.07, 6.45) is 3.59. The van der Waals surface area contributed by atoms with Gasteiger partial charge in [-0.25, -0.2) is 9.97 Å². The summed E-state index contributed by atoms with van der Waals surface area (Å²) < 4.78 is 2.19. The first-order valence-corrected chi connectivity index (χ1v) is 7.03. The van der Waals surface area contributed by atoms with Crippen molar-refractivity contribution in [2.45, 2.75) is 26.9 Å². The lowest BCUT2D eigenvalue weighted by atomic mass is 10.3. The number of nitrogens with two attached hydrogens (primary N) is 1. The van der Waals surface area contributed by atoms with Gasteiger partial charge in [-0.15, -0.1) is 11.3 Å². The van der Waals surface area contributed by atoms with Crippen molar-refractivity contribution in [2.75, 3.05) is 0 Å². The number of pyridine rings is 1. The lowest BCUT2D eigenvalue weighted by Gasteiger charge is -2.04. The number of nitrogens with zero attached hydrogens (tertiary/aromatic N) is 4. The van der Waals surface area contributed by atoms with Gasteiger partial charge in [-0.1, -0.05) is 0 Å². The third kappa shape index (κ3) is 1.93. The Labute approximate surface area is 115 Å². The van der Waals surface area contributed by atoms with Crippen molar-refractivity contribution in [3.8, 4) is 10.7 Å². The predicted octanol–water partition coefficient (Wildman–Crippen LogP) is 2.34. The largest absolute Gasteiger partial charge is 0.325 e. The van der Waals surface area contributed by atoms with Crippen molar-refractivity contribution >= 4 is 22.4 Å². The molecule has 0 atom stereocenters. The zero-order valence-electron chi connectivity index (χ0n) is 10.9. The predicted molar refractivity (Wildman–Crippen MR) is 76.9 cm³/mol. The van der Waals surface area contributed by atoms with Gasteiger partial charge in [-0.3, -0.25) is 4.98 Å². The number of fused-ring (bicyclic) bond motifs is 1. The second kappa shape index (κ2) is 4.71. The van der Waals surface area contributed by atoms with Crippen LogP contribution in [0.5, 0.6) is 0 Å². The molecule has 0 aliphatic heterocycles. The number of imidazole rings is 1. The molecule has 5 nitrogen and oxygen atoms in total. The molecule has 2 N–H and O–H groups in total. The SMILES string of the molecule is CCn1c(-c2sc(CN)nc2C)nc2cnccc21. The van der Waals surface area contributed by atoms with Gasteiger partial charge in [-0.05, 0) is 19.9 Å². The van der Waals surface area contributed by atoms with E-state index >= 15 is 0 Å². The van der Waals surface area contributed by atoms with E-state index in [1.807, 2.05) is 13.0 Å². The molecule has 0 saturated heterocycles. The summed E-state index contributed by atoms with van der Waals surface area (Å²) >= 11 is 1.62. The Morgan fingerprint density at radius 3 is 2.89 bits per heavy atom. The third-order valence-corrected chi connectivity index (χ3v) is 4.26. The molecule has 0 radical (unpaired) electrons. The minimum atomic E-state index is 0.472. The Balaban J connectivity index is 2.26. The van der Waals surface area contributed by atoms with Crippen molar-refractivity contribution in [3.05, 3.63) is 29.2 Å². The van der Waals surface area contributed by atoms with Crippen LogP contribution in [0.15, 0.2) is 18.5 Å². The maximum atomic E-state index is 5.67. The number of rotatable bonds is 3. The van der Waals surface area contributed by atoms with Crippen molar-refractivity contribution in [2.24, 2.45) is 5.73 Å². The van der Waals surface area contributed by atoms with E-state index in [9.17, 15) is 0 Å². The van der Waals surface area contributed by atoms with E-state index in [0.29, 0.717) is 6.54 Å². The zero-order chi connectivity index (χ0) is 13.4. The Morgan fingerprint density at radius 1 is 1.37 bits per heavy atom. The second-order valence-corrected chi connectivity index (χ2v) is 5.35. The van der Waals surface area contributed by atoms with Crippen LogP contribution in [0.25, 0.3) is 21.7 Å². The summed E-state index contributed by atoms with van der Waals surface area (Å²) in [7, 11) is 0. The first kappa shape index (κ1) is 12.3. The lowest BCUT2D eigenvalue weighted by molar-refractivity contribution is 0.797. The van der Waals surface area contributed by atoms with Crippen LogP contribution in [-0.4, -0.2) is 19.5 Å². The fourth-order valence-corrected chi connectivity index (χ4v) is 3.16. The summed E-state index contributed by atoms with van der Waals surface area (Å²) in [5.74, 6) is 0.959. The third-order valence-electron chi connectivity index (χ3n) is 3.09. The number of hydrogen-bond donors (Lipinski definition) is 1. The summed E-state index contributed by atoms with van der Waals surface area (Å²) in [6.45, 7) is 5.46. The van der Waals surface area contributed by atoms with Gasteiger partial charge >= 0.3 is 0 Å². The molecule has 98 valence electrons. The maximum Gasteiger partial charge on any atom is 0.153 e. The molecule has 0 fully saturated rings. The monoisotopic (exact) mass is 273 g/mol. The van der Waals surface area contributed by atoms with E-state index in [2.05, 4.69) is 21.5 Å². The van der Waals surface area contributed by atoms with Crippen LogP contribution in [-0.2, 0) is 13.1 Å². The highest BCUT2D eigenvalue weighted by Crippen LogP contribution is 2.31. The van der Waals surface area contributed by atoms with Gasteiger partial charge in [0.05, 0.1) is 22.3 Å². The van der Waals surface area contributed by atoms with Gasteiger partial charge in [0.2, 0.25) is 0 Å². The van der Waals surface area contributed by atoms with E-state index in [1.165, 1.54) is 0 Å². The first-order valence-electron chi connectivity index (χ1n) is 6.21. The maximum absolute atomic E-state index is 5.67. The van der Waals surface area contributed by atoms with Crippen molar-refractivity contribution in [1.82, 2.24) is 19.5 Å². The van der Waals surface area contributed by atoms with Gasteiger partial charge in [0.15, 0.2) is 5.82 Å². The molecule has 3 heterocycles. The molecule has 0 aliphatic rings. The van der Waals surface area contributed by atoms with Crippen LogP contribution in [0.3, 0.4) is 0 Å². The second-order valence-electron chi connectivity index (χ2n) is 4.27. The molecule has 0 bridgehead atoms. The van der Waals surface area contributed by atoms with Crippen molar-refractivity contribution in [3.63, 3.8) is 0 Å². The van der Waals surface area contributed by atoms with Crippen LogP contribution >= 0.6 is 11.3 Å². The lowest BCUT2D eigenvalue weighted by Crippen LogP contribution is -1.97. The van der Waals surface area contributed by atoms with Crippen molar-refractivity contribution in [1.29, 1.82) is 0 Å². The molecule has 0 amide bonds. The highest BCUT2D eigenvalue weighted by molar-refractivity contribution is 7.15. The van der Waals surface area contributed by atoms with Gasteiger partial charge in [-0.2, -0.15) is 0 Å². The summed E-state index contributed by atoms with van der Waals surface area (Å²) in [6, 6.07) is 2.00. The molecule has 0 unspecified atom stereocenters. The average Bonchev–Trinajstić information content (AvgIpc) is 2.98. The number of aryl methyl sites for hydroxylation is 2. The van der Waals surface area contributed by atoms with Gasteiger partial charge in [0.1, 0.15) is 10.5 Å². The molecule has 0 spiro atoms. The smallest absolute Gasteiger partial charge is 0.153 e. The highest BCUT2D eigenvalue weighted by Gasteiger charge is 2.16. The zero-order valence-corrected chi connectivity index (χ0v) is 11.7. The van der Waals surface area contributed by atoms with Crippen LogP contribution in [0.1, 0.15) is 17.6 Å². The van der Waals surface area contributed by atoms with Crippen LogP contribution in [0.2, 0.25) is 0 Å². The number of thiazole rings is 1. The topological polar surface area (TPSA) is 69.6 Å². The normalized spacial score (nSPS) is 11.3. The minimum Gasteiger partial charge on any atom is -0.325 e. The van der Waals surface area contributed by atoms with E-state index in [-0.39, 0.29) is 0 Å². The fraction of sp³-hybridized carbons (Fsp3) is 0.308. The number of hydrogen-bond acceptors (Lipinski definition) is 5. The number of aromatic nitrogens is 4. The van der Waals surface area contributed by atoms with Gasteiger partial charge in [0, 0.05) is 19.3 Å². The van der Waals surface area contributed by atoms with Crippen LogP contribution in [0, 0.1) is 6.92 Å². The minimum absolute atomic E-state index is 0.472. The van der Waals surface area contributed by atoms with Gasteiger partial charge in [0.25, 0.3) is 0 Å². The average molecular weight is 273 g/mol. The molecule has 19 heavy (non-hydrogen) atoms. The molecule has 6 heteroatoms. The quantitative estimate of drug-likeness (QED) is 0.795. The van der Waals surface area contributed by atoms with Crippen molar-refractivity contribution < 1.29 is 0 Å². The molecule has 3 aromatic rings. The summed E-state index contributed by atoms with van der Waals surface area (Å²) in [5, 5.41) is 0.945. The highest BCUT2D eigenvalue weighted by atomic mass is 32.1. The van der Waals surface area contributed by atoms with E-state index in [4.69, 9.17) is 10.7 Å². The van der Waals surface area contributed by atoms with Gasteiger partial charge < -0.3 is 10.3 Å². The molecule has 0 aromatic carbocycles. The first-order chi connectivity index (χ1) is 9.24. The summed E-state index contributed by atoms with van der Waals surface area (Å²) in [4.78, 5) is 14.4. The molecular weight excluding hydrogens is 258 g/mol. The van der Waals surface area contributed by atoms with Crippen LogP contribution in [0.4, 0.5) is 0 Å². The molecule has 0 aliphatic carbocycles. The fourth-order valence-electron chi connectivity index (χ4n) is 2.22. The van der Waals surface area contributed by atoms with E-state index in [0.717, 1.165) is 39.0 Å². The summed E-state index contributed by atoms with van der Waals surface area (Å²) in [5.41, 5.74) is 8.68. The van der Waals surface area contributed by atoms with E-state index in [1.54, 1.807) is 23.7 Å². The molecule has 0 saturated carbocycles. The van der Waals surface area contributed by atoms with Crippen LogP contribution < -0.4 is 5.73 Å². The Morgan fingerprint density at radius 2 is 2.21 bits per heavy atom. The molecular formula is C13H15N5S.